The third-order valence-electron chi connectivity index (χ3n) is 4.73. The topological polar surface area (TPSA) is 92.8 Å². The number of nitrogens with one attached hydrogen (secondary N) is 1. The first-order valence-corrected chi connectivity index (χ1v) is 8.96. The molecule has 0 atom stereocenters. The summed E-state index contributed by atoms with van der Waals surface area (Å²) in [6, 6.07) is 6.85. The summed E-state index contributed by atoms with van der Waals surface area (Å²) in [5.74, 6) is -1.47. The summed E-state index contributed by atoms with van der Waals surface area (Å²) in [6.07, 6.45) is 4.52. The summed E-state index contributed by atoms with van der Waals surface area (Å²) >= 11 is 0. The molecule has 1 fully saturated rings. The first kappa shape index (κ1) is 18.1. The van der Waals surface area contributed by atoms with Gasteiger partial charge < -0.3 is 10.1 Å². The van der Waals surface area contributed by atoms with E-state index in [1.54, 1.807) is 24.3 Å². The van der Waals surface area contributed by atoms with Gasteiger partial charge in [-0.25, -0.2) is 0 Å². The van der Waals surface area contributed by atoms with E-state index in [1.807, 2.05) is 0 Å². The van der Waals surface area contributed by atoms with Gasteiger partial charge in [-0.3, -0.25) is 24.1 Å². The second-order valence-electron chi connectivity index (χ2n) is 6.62. The van der Waals surface area contributed by atoms with Crippen LogP contribution in [0, 0.1) is 0 Å². The average molecular weight is 358 g/mol. The summed E-state index contributed by atoms with van der Waals surface area (Å²) in [5, 5.41) is 2.84. The second-order valence-corrected chi connectivity index (χ2v) is 6.62. The third-order valence-corrected chi connectivity index (χ3v) is 4.73. The van der Waals surface area contributed by atoms with Crippen LogP contribution in [0.25, 0.3) is 0 Å². The number of hydrogen-bond donors (Lipinski definition) is 1. The van der Waals surface area contributed by atoms with E-state index in [9.17, 15) is 19.2 Å². The highest BCUT2D eigenvalue weighted by atomic mass is 16.5. The zero-order chi connectivity index (χ0) is 18.5. The predicted molar refractivity (Wildman–Crippen MR) is 92.4 cm³/mol. The number of esters is 1. The first-order valence-electron chi connectivity index (χ1n) is 8.96. The molecule has 1 aliphatic heterocycles. The Hall–Kier alpha value is -2.70. The Morgan fingerprint density at radius 3 is 2.31 bits per heavy atom. The van der Waals surface area contributed by atoms with Gasteiger partial charge in [0.1, 0.15) is 0 Å². The lowest BCUT2D eigenvalue weighted by Gasteiger charge is -2.14. The van der Waals surface area contributed by atoms with Gasteiger partial charge in [-0.15, -0.1) is 0 Å². The number of imide groups is 1. The summed E-state index contributed by atoms with van der Waals surface area (Å²) in [5.41, 5.74) is 0.785. The van der Waals surface area contributed by atoms with Crippen molar-refractivity contribution < 1.29 is 23.9 Å². The number of carbonyl (C=O) groups excluding carboxylic acids is 4. The minimum Gasteiger partial charge on any atom is -0.456 e. The van der Waals surface area contributed by atoms with Gasteiger partial charge in [0, 0.05) is 19.0 Å². The molecule has 2 aliphatic rings. The molecule has 138 valence electrons. The van der Waals surface area contributed by atoms with Crippen LogP contribution in [0.15, 0.2) is 24.3 Å². The van der Waals surface area contributed by atoms with E-state index in [1.165, 1.54) is 0 Å². The lowest BCUT2D eigenvalue weighted by molar-refractivity contribution is -0.148. The molecule has 0 saturated heterocycles. The number of carbonyl (C=O) groups is 4. The quantitative estimate of drug-likeness (QED) is 0.591. The van der Waals surface area contributed by atoms with E-state index in [0.29, 0.717) is 17.5 Å². The molecule has 7 heteroatoms. The number of rotatable bonds is 7. The number of ether oxygens (including phenoxy) is 1. The molecule has 0 spiro atoms. The molecule has 1 aromatic rings. The zero-order valence-corrected chi connectivity index (χ0v) is 14.5. The Labute approximate surface area is 151 Å². The maximum absolute atomic E-state index is 12.2. The van der Waals surface area contributed by atoms with Crippen LogP contribution in [-0.2, 0) is 14.3 Å². The van der Waals surface area contributed by atoms with E-state index in [-0.39, 0.29) is 43.3 Å². The standard InChI is InChI=1S/C19H22N2O5/c22-16(20-13-6-1-2-7-13)12-26-17(23)10-5-11-21-18(24)14-8-3-4-9-15(14)19(21)25/h3-4,8-9,13H,1-2,5-7,10-12H2,(H,20,22). The molecular weight excluding hydrogens is 336 g/mol. The summed E-state index contributed by atoms with van der Waals surface area (Å²) in [6.45, 7) is -0.141. The van der Waals surface area contributed by atoms with E-state index in [4.69, 9.17) is 4.74 Å². The van der Waals surface area contributed by atoms with Crippen molar-refractivity contribution in [2.24, 2.45) is 0 Å². The summed E-state index contributed by atoms with van der Waals surface area (Å²) in [7, 11) is 0. The van der Waals surface area contributed by atoms with Gasteiger partial charge >= 0.3 is 5.97 Å². The summed E-state index contributed by atoms with van der Waals surface area (Å²) < 4.78 is 4.95. The second kappa shape index (κ2) is 8.12. The van der Waals surface area contributed by atoms with Gasteiger partial charge in [0.05, 0.1) is 11.1 Å². The molecule has 1 aliphatic carbocycles. The lowest BCUT2D eigenvalue weighted by Crippen LogP contribution is -2.36. The fourth-order valence-corrected chi connectivity index (χ4v) is 3.38. The molecule has 0 aromatic heterocycles. The van der Waals surface area contributed by atoms with Crippen molar-refractivity contribution in [1.29, 1.82) is 0 Å². The molecule has 0 radical (unpaired) electrons. The molecule has 3 rings (SSSR count). The van der Waals surface area contributed by atoms with Crippen LogP contribution in [-0.4, -0.2) is 47.8 Å². The molecule has 3 amide bonds. The lowest BCUT2D eigenvalue weighted by atomic mass is 10.1. The molecule has 7 nitrogen and oxygen atoms in total. The SMILES string of the molecule is O=C(COC(=O)CCCN1C(=O)c2ccccc2C1=O)NC1CCCC1. The molecule has 0 bridgehead atoms. The van der Waals surface area contributed by atoms with Crippen molar-refractivity contribution in [1.82, 2.24) is 10.2 Å². The van der Waals surface area contributed by atoms with Crippen LogP contribution >= 0.6 is 0 Å². The average Bonchev–Trinajstić information content (AvgIpc) is 3.23. The Morgan fingerprint density at radius 2 is 1.69 bits per heavy atom. The van der Waals surface area contributed by atoms with Crippen LogP contribution in [0.4, 0.5) is 0 Å². The normalized spacial score (nSPS) is 16.7. The highest BCUT2D eigenvalue weighted by molar-refractivity contribution is 6.21. The highest BCUT2D eigenvalue weighted by Crippen LogP contribution is 2.22. The Balaban J connectivity index is 1.37. The van der Waals surface area contributed by atoms with E-state index < -0.39 is 5.97 Å². The van der Waals surface area contributed by atoms with E-state index in [0.717, 1.165) is 30.6 Å². The van der Waals surface area contributed by atoms with Crippen molar-refractivity contribution in [3.63, 3.8) is 0 Å². The van der Waals surface area contributed by atoms with Gasteiger partial charge in [0.2, 0.25) is 0 Å². The fraction of sp³-hybridized carbons (Fsp3) is 0.474. The van der Waals surface area contributed by atoms with Gasteiger partial charge in [-0.05, 0) is 31.4 Å². The van der Waals surface area contributed by atoms with E-state index >= 15 is 0 Å². The van der Waals surface area contributed by atoms with Crippen molar-refractivity contribution in [3.05, 3.63) is 35.4 Å². The van der Waals surface area contributed by atoms with Gasteiger partial charge in [0.15, 0.2) is 6.61 Å². The Kier molecular flexibility index (Phi) is 5.65. The number of amides is 3. The molecule has 1 heterocycles. The maximum atomic E-state index is 12.2. The third kappa shape index (κ3) is 4.09. The fourth-order valence-electron chi connectivity index (χ4n) is 3.38. The monoisotopic (exact) mass is 358 g/mol. The number of nitrogens with zero attached hydrogens (tertiary/aromatic N) is 1. The van der Waals surface area contributed by atoms with Crippen LogP contribution in [0.3, 0.4) is 0 Å². The Bertz CT molecular complexity index is 689. The van der Waals surface area contributed by atoms with Crippen LogP contribution in [0.2, 0.25) is 0 Å². The van der Waals surface area contributed by atoms with Crippen LogP contribution in [0.1, 0.15) is 59.2 Å². The minimum atomic E-state index is -0.511. The molecule has 26 heavy (non-hydrogen) atoms. The first-order chi connectivity index (χ1) is 12.6. The van der Waals surface area contributed by atoms with Crippen molar-refractivity contribution in [2.75, 3.05) is 13.2 Å². The van der Waals surface area contributed by atoms with Gasteiger partial charge in [0.25, 0.3) is 17.7 Å². The minimum absolute atomic E-state index is 0.0457. The van der Waals surface area contributed by atoms with Crippen LogP contribution in [0.5, 0.6) is 0 Å². The van der Waals surface area contributed by atoms with Gasteiger partial charge in [-0.1, -0.05) is 25.0 Å². The molecular formula is C19H22N2O5. The maximum Gasteiger partial charge on any atom is 0.306 e. The molecule has 1 aromatic carbocycles. The number of hydrogen-bond acceptors (Lipinski definition) is 5. The largest absolute Gasteiger partial charge is 0.456 e. The summed E-state index contributed by atoms with van der Waals surface area (Å²) in [4.78, 5) is 49.0. The van der Waals surface area contributed by atoms with Crippen molar-refractivity contribution in [2.45, 2.75) is 44.6 Å². The highest BCUT2D eigenvalue weighted by Gasteiger charge is 2.34. The molecule has 1 N–H and O–H groups in total. The van der Waals surface area contributed by atoms with Crippen molar-refractivity contribution in [3.8, 4) is 0 Å². The number of benzene rings is 1. The smallest absolute Gasteiger partial charge is 0.306 e. The number of fused-ring (bicyclic) bond motifs is 1. The molecule has 1 saturated carbocycles. The van der Waals surface area contributed by atoms with Gasteiger partial charge in [-0.2, -0.15) is 0 Å². The molecule has 0 unspecified atom stereocenters. The van der Waals surface area contributed by atoms with E-state index in [2.05, 4.69) is 5.32 Å². The van der Waals surface area contributed by atoms with Crippen molar-refractivity contribution >= 4 is 23.7 Å². The Morgan fingerprint density at radius 1 is 1.08 bits per heavy atom. The predicted octanol–water partition coefficient (Wildman–Crippen LogP) is 1.66. The zero-order valence-electron chi connectivity index (χ0n) is 14.5. The van der Waals surface area contributed by atoms with Crippen LogP contribution < -0.4 is 5.32 Å².